The third-order valence-corrected chi connectivity index (χ3v) is 5.84. The number of carbonyl (C=O) groups is 1. The van der Waals surface area contributed by atoms with Gasteiger partial charge in [0.25, 0.3) is 5.91 Å². The summed E-state index contributed by atoms with van der Waals surface area (Å²) in [6.45, 7) is 0. The summed E-state index contributed by atoms with van der Waals surface area (Å²) in [6.07, 6.45) is 5.09. The molecule has 0 saturated heterocycles. The number of hydrogen-bond donors (Lipinski definition) is 0. The maximum absolute atomic E-state index is 14.1. The third kappa shape index (κ3) is 3.32. The summed E-state index contributed by atoms with van der Waals surface area (Å²) in [7, 11) is 1.54. The fraction of sp³-hybridized carbons (Fsp3) is 0.368. The number of anilines is 1. The van der Waals surface area contributed by atoms with Gasteiger partial charge in [0.15, 0.2) is 11.6 Å². The smallest absolute Gasteiger partial charge is 0.263 e. The lowest BCUT2D eigenvalue weighted by Crippen LogP contribution is -2.29. The number of pyridine rings is 1. The van der Waals surface area contributed by atoms with Crippen molar-refractivity contribution < 1.29 is 13.9 Å². The van der Waals surface area contributed by atoms with Gasteiger partial charge in [-0.3, -0.25) is 9.69 Å². The fourth-order valence-corrected chi connectivity index (χ4v) is 4.21. The molecule has 0 aliphatic heterocycles. The number of aromatic nitrogens is 1. The molecule has 4 nitrogen and oxygen atoms in total. The minimum Gasteiger partial charge on any atom is -0.486 e. The van der Waals surface area contributed by atoms with Crippen molar-refractivity contribution >= 4 is 39.3 Å². The maximum Gasteiger partial charge on any atom is 0.263 e. The molecular weight excluding hydrogens is 423 g/mol. The first-order chi connectivity index (χ1) is 12.4. The number of carbonyl (C=O) groups excluding carboxylic acids is 1. The predicted molar refractivity (Wildman–Crippen MR) is 101 cm³/mol. The molecule has 4 rings (SSSR count). The Hall–Kier alpha value is -1.66. The van der Waals surface area contributed by atoms with Crippen LogP contribution in [0.25, 0.3) is 0 Å². The zero-order chi connectivity index (χ0) is 18.4. The molecule has 1 heterocycles. The summed E-state index contributed by atoms with van der Waals surface area (Å²) in [5.41, 5.74) is -0.172. The Kier molecular flexibility index (Phi) is 4.65. The Bertz CT molecular complexity index is 848. The first-order valence-electron chi connectivity index (χ1n) is 8.48. The van der Waals surface area contributed by atoms with Gasteiger partial charge in [0.1, 0.15) is 5.82 Å². The molecule has 1 aromatic carbocycles. The Balaban J connectivity index is 1.62. The topological polar surface area (TPSA) is 42.4 Å². The van der Waals surface area contributed by atoms with Crippen molar-refractivity contribution in [1.29, 1.82) is 0 Å². The van der Waals surface area contributed by atoms with E-state index in [0.717, 1.165) is 29.2 Å². The molecule has 1 aromatic heterocycles. The zero-order valence-corrected chi connectivity index (χ0v) is 16.4. The minimum atomic E-state index is -0.662. The summed E-state index contributed by atoms with van der Waals surface area (Å²) in [5.74, 6) is 1.18. The Morgan fingerprint density at radius 3 is 2.77 bits per heavy atom. The van der Waals surface area contributed by atoms with Crippen LogP contribution in [0.5, 0.6) is 5.75 Å². The molecule has 136 valence electrons. The molecule has 26 heavy (non-hydrogen) atoms. The molecule has 0 spiro atoms. The number of amides is 1. The van der Waals surface area contributed by atoms with E-state index >= 15 is 0 Å². The average molecular weight is 440 g/mol. The van der Waals surface area contributed by atoms with E-state index < -0.39 is 11.7 Å². The molecule has 0 N–H and O–H groups in total. The molecule has 7 heteroatoms. The van der Waals surface area contributed by atoms with Crippen molar-refractivity contribution in [3.05, 3.63) is 51.3 Å². The van der Waals surface area contributed by atoms with Crippen molar-refractivity contribution in [3.8, 4) is 5.75 Å². The van der Waals surface area contributed by atoms with Gasteiger partial charge in [-0.2, -0.15) is 0 Å². The summed E-state index contributed by atoms with van der Waals surface area (Å²) in [6, 6.07) is 5.96. The second-order valence-corrected chi connectivity index (χ2v) is 8.23. The van der Waals surface area contributed by atoms with Gasteiger partial charge in [-0.25, -0.2) is 9.37 Å². The van der Waals surface area contributed by atoms with Gasteiger partial charge in [-0.05, 0) is 65.2 Å². The first kappa shape index (κ1) is 17.7. The lowest BCUT2D eigenvalue weighted by molar-refractivity contribution is 0.0986. The highest BCUT2D eigenvalue weighted by Gasteiger charge is 2.47. The summed E-state index contributed by atoms with van der Waals surface area (Å²) >= 11 is 9.43. The van der Waals surface area contributed by atoms with Crippen LogP contribution in [0.4, 0.5) is 10.2 Å². The molecular formula is C19H17BrClFN2O2. The van der Waals surface area contributed by atoms with E-state index in [2.05, 4.69) is 20.9 Å². The summed E-state index contributed by atoms with van der Waals surface area (Å²) in [5, 5.41) is 0.0670. The van der Waals surface area contributed by atoms with Crippen molar-refractivity contribution in [2.45, 2.75) is 25.4 Å². The molecule has 3 atom stereocenters. The van der Waals surface area contributed by atoms with Crippen LogP contribution in [-0.2, 0) is 0 Å². The van der Waals surface area contributed by atoms with Gasteiger partial charge in [-0.1, -0.05) is 17.7 Å². The highest BCUT2D eigenvalue weighted by atomic mass is 79.9. The lowest BCUT2D eigenvalue weighted by Gasteiger charge is -2.23. The third-order valence-electron chi connectivity index (χ3n) is 5.09. The zero-order valence-electron chi connectivity index (χ0n) is 14.1. The molecule has 0 unspecified atom stereocenters. The molecule has 2 aliphatic carbocycles. The van der Waals surface area contributed by atoms with Crippen LogP contribution in [0.3, 0.4) is 0 Å². The molecule has 1 amide bonds. The molecule has 2 fully saturated rings. The van der Waals surface area contributed by atoms with Crippen LogP contribution in [0.2, 0.25) is 5.02 Å². The Morgan fingerprint density at radius 2 is 2.08 bits per heavy atom. The largest absolute Gasteiger partial charge is 0.486 e. The van der Waals surface area contributed by atoms with E-state index in [1.807, 2.05) is 0 Å². The monoisotopic (exact) mass is 438 g/mol. The minimum absolute atomic E-state index is 0.0670. The fourth-order valence-electron chi connectivity index (χ4n) is 3.65. The van der Waals surface area contributed by atoms with Crippen LogP contribution in [0, 0.1) is 17.7 Å². The Morgan fingerprint density at radius 1 is 1.35 bits per heavy atom. The van der Waals surface area contributed by atoms with Crippen LogP contribution in [-0.4, -0.2) is 24.0 Å². The van der Waals surface area contributed by atoms with Gasteiger partial charge in [0.05, 0.1) is 16.7 Å². The van der Waals surface area contributed by atoms with Crippen LogP contribution < -0.4 is 9.64 Å². The number of ether oxygens (including phenoxy) is 1. The average Bonchev–Trinajstić information content (AvgIpc) is 3.20. The number of rotatable bonds is 4. The number of benzene rings is 1. The van der Waals surface area contributed by atoms with E-state index in [1.54, 1.807) is 19.3 Å². The predicted octanol–water partition coefficient (Wildman–Crippen LogP) is 5.09. The van der Waals surface area contributed by atoms with Gasteiger partial charge in [0.2, 0.25) is 0 Å². The summed E-state index contributed by atoms with van der Waals surface area (Å²) in [4.78, 5) is 18.4. The van der Waals surface area contributed by atoms with Crippen molar-refractivity contribution in [2.75, 3.05) is 11.9 Å². The van der Waals surface area contributed by atoms with Gasteiger partial charge >= 0.3 is 0 Å². The molecule has 0 bridgehead atoms. The van der Waals surface area contributed by atoms with Crippen molar-refractivity contribution in [3.63, 3.8) is 0 Å². The lowest BCUT2D eigenvalue weighted by atomic mass is 10.2. The SMILES string of the molecule is CN(C(=O)c1c(F)cccc1Cl)c1ncc(Br)cc1O[C@@H]1C[C@@H]2C[C@@H]2C1. The van der Waals surface area contributed by atoms with Crippen molar-refractivity contribution in [1.82, 2.24) is 4.98 Å². The number of nitrogens with zero attached hydrogens (tertiary/aromatic N) is 2. The highest BCUT2D eigenvalue weighted by Crippen LogP contribution is 2.53. The van der Waals surface area contributed by atoms with Crippen LogP contribution in [0.1, 0.15) is 29.6 Å². The Labute approximate surface area is 164 Å². The molecule has 2 aliphatic rings. The second-order valence-electron chi connectivity index (χ2n) is 6.90. The van der Waals surface area contributed by atoms with Gasteiger partial charge < -0.3 is 4.74 Å². The molecule has 0 radical (unpaired) electrons. The standard InChI is InChI=1S/C19H17BrClFN2O2/c1-24(19(25)17-14(21)3-2-4-15(17)22)18-16(8-12(20)9-23-18)26-13-6-10-5-11(10)7-13/h2-4,8-11,13H,5-7H2,1H3/t10-,11+,13+. The quantitative estimate of drug-likeness (QED) is 0.666. The van der Waals surface area contributed by atoms with E-state index in [9.17, 15) is 9.18 Å². The van der Waals surface area contributed by atoms with Gasteiger partial charge in [0, 0.05) is 17.7 Å². The summed E-state index contributed by atoms with van der Waals surface area (Å²) < 4.78 is 21.0. The number of halogens is 3. The van der Waals surface area contributed by atoms with Crippen LogP contribution in [0.15, 0.2) is 34.9 Å². The van der Waals surface area contributed by atoms with E-state index in [-0.39, 0.29) is 16.7 Å². The highest BCUT2D eigenvalue weighted by molar-refractivity contribution is 9.10. The van der Waals surface area contributed by atoms with E-state index in [0.29, 0.717) is 11.6 Å². The number of fused-ring (bicyclic) bond motifs is 1. The van der Waals surface area contributed by atoms with E-state index in [1.165, 1.54) is 29.5 Å². The van der Waals surface area contributed by atoms with Crippen molar-refractivity contribution in [2.24, 2.45) is 11.8 Å². The second kappa shape index (κ2) is 6.82. The van der Waals surface area contributed by atoms with E-state index in [4.69, 9.17) is 16.3 Å². The number of hydrogen-bond acceptors (Lipinski definition) is 3. The molecule has 2 aromatic rings. The first-order valence-corrected chi connectivity index (χ1v) is 9.65. The van der Waals surface area contributed by atoms with Crippen LogP contribution >= 0.6 is 27.5 Å². The maximum atomic E-state index is 14.1. The normalized spacial score (nSPS) is 23.5. The molecule has 2 saturated carbocycles. The van der Waals surface area contributed by atoms with Gasteiger partial charge in [-0.15, -0.1) is 0 Å².